The number of nitrogens with one attached hydrogen (secondary N) is 1. The Balaban J connectivity index is 1.89. The number of benzene rings is 1. The first kappa shape index (κ1) is 17.4. The smallest absolute Gasteiger partial charge is 0.235 e. The topological polar surface area (TPSA) is 51.2 Å². The zero-order valence-corrected chi connectivity index (χ0v) is 14.6. The molecule has 1 aliphatic carbocycles. The van der Waals surface area contributed by atoms with Crippen molar-refractivity contribution in [2.45, 2.75) is 44.4 Å². The summed E-state index contributed by atoms with van der Waals surface area (Å²) < 4.78 is 18.5. The highest BCUT2D eigenvalue weighted by atomic mass is 19.1. The minimum atomic E-state index is -0.611. The zero-order valence-electron chi connectivity index (χ0n) is 14.6. The van der Waals surface area contributed by atoms with E-state index in [-0.39, 0.29) is 11.7 Å². The largest absolute Gasteiger partial charge is 0.481 e. The van der Waals surface area contributed by atoms with Crippen LogP contribution in [-0.2, 0) is 10.2 Å². The van der Waals surface area contributed by atoms with Crippen molar-refractivity contribution >= 4 is 11.6 Å². The van der Waals surface area contributed by atoms with Crippen LogP contribution in [0.1, 0.15) is 43.2 Å². The van der Waals surface area contributed by atoms with Crippen molar-refractivity contribution in [3.05, 3.63) is 53.5 Å². The number of methoxy groups -OCH3 is 1. The number of amides is 1. The number of rotatable bonds is 4. The summed E-state index contributed by atoms with van der Waals surface area (Å²) in [7, 11) is 1.57. The molecule has 132 valence electrons. The molecular weight excluding hydrogens is 319 g/mol. The quantitative estimate of drug-likeness (QED) is 0.897. The third kappa shape index (κ3) is 3.50. The average Bonchev–Trinajstić information content (AvgIpc) is 2.63. The molecule has 25 heavy (non-hydrogen) atoms. The number of nitrogens with zero attached hydrogens (tertiary/aromatic N) is 1. The summed E-state index contributed by atoms with van der Waals surface area (Å²) in [6.45, 7) is 1.89. The van der Waals surface area contributed by atoms with Crippen LogP contribution in [0.2, 0.25) is 0 Å². The lowest BCUT2D eigenvalue weighted by atomic mass is 9.68. The summed E-state index contributed by atoms with van der Waals surface area (Å²) in [5.41, 5.74) is 1.78. The van der Waals surface area contributed by atoms with Crippen molar-refractivity contribution in [2.24, 2.45) is 0 Å². The Bertz CT molecular complexity index is 753. The van der Waals surface area contributed by atoms with Gasteiger partial charge in [0.15, 0.2) is 0 Å². The second-order valence-electron chi connectivity index (χ2n) is 6.65. The number of aryl methyl sites for hydroxylation is 1. The van der Waals surface area contributed by atoms with Crippen LogP contribution in [0.5, 0.6) is 5.88 Å². The second-order valence-corrected chi connectivity index (χ2v) is 6.65. The monoisotopic (exact) mass is 342 g/mol. The number of ether oxygens (including phenoxy) is 1. The molecule has 0 saturated heterocycles. The van der Waals surface area contributed by atoms with Gasteiger partial charge in [-0.1, -0.05) is 31.4 Å². The maximum Gasteiger partial charge on any atom is 0.235 e. The van der Waals surface area contributed by atoms with Gasteiger partial charge in [-0.05, 0) is 43.5 Å². The average molecular weight is 342 g/mol. The minimum Gasteiger partial charge on any atom is -0.481 e. The maximum atomic E-state index is 13.3. The van der Waals surface area contributed by atoms with E-state index in [4.69, 9.17) is 4.74 Å². The summed E-state index contributed by atoms with van der Waals surface area (Å²) in [4.78, 5) is 17.4. The first-order valence-corrected chi connectivity index (χ1v) is 8.63. The van der Waals surface area contributed by atoms with Gasteiger partial charge in [-0.15, -0.1) is 0 Å². The maximum absolute atomic E-state index is 13.3. The third-order valence-electron chi connectivity index (χ3n) is 5.02. The van der Waals surface area contributed by atoms with E-state index in [1.807, 2.05) is 13.0 Å². The predicted octanol–water partition coefficient (Wildman–Crippen LogP) is 4.38. The number of hydrogen-bond donors (Lipinski definition) is 1. The van der Waals surface area contributed by atoms with Gasteiger partial charge in [0, 0.05) is 5.56 Å². The van der Waals surface area contributed by atoms with Gasteiger partial charge >= 0.3 is 0 Å². The number of halogens is 1. The normalized spacial score (nSPS) is 16.3. The molecule has 2 aromatic rings. The van der Waals surface area contributed by atoms with Gasteiger partial charge < -0.3 is 10.1 Å². The van der Waals surface area contributed by atoms with Crippen molar-refractivity contribution < 1.29 is 13.9 Å². The molecule has 0 atom stereocenters. The molecule has 0 radical (unpaired) electrons. The molecule has 0 spiro atoms. The van der Waals surface area contributed by atoms with Crippen molar-refractivity contribution in [3.8, 4) is 5.88 Å². The molecular formula is C20H23FN2O2. The van der Waals surface area contributed by atoms with E-state index in [0.29, 0.717) is 11.6 Å². The highest BCUT2D eigenvalue weighted by molar-refractivity contribution is 5.99. The van der Waals surface area contributed by atoms with Crippen LogP contribution in [0, 0.1) is 12.7 Å². The number of aromatic nitrogens is 1. The Kier molecular flexibility index (Phi) is 5.02. The van der Waals surface area contributed by atoms with E-state index in [9.17, 15) is 9.18 Å². The van der Waals surface area contributed by atoms with E-state index in [1.165, 1.54) is 12.1 Å². The molecule has 0 aliphatic heterocycles. The van der Waals surface area contributed by atoms with E-state index in [1.54, 1.807) is 25.4 Å². The van der Waals surface area contributed by atoms with Crippen molar-refractivity contribution in [1.82, 2.24) is 4.98 Å². The molecule has 5 heteroatoms. The second kappa shape index (κ2) is 7.21. The van der Waals surface area contributed by atoms with Gasteiger partial charge in [0.25, 0.3) is 0 Å². The molecule has 1 aromatic carbocycles. The fraction of sp³-hybridized carbons (Fsp3) is 0.400. The lowest BCUT2D eigenvalue weighted by Gasteiger charge is -2.36. The molecule has 1 aliphatic rings. The van der Waals surface area contributed by atoms with Crippen molar-refractivity contribution in [3.63, 3.8) is 0 Å². The van der Waals surface area contributed by atoms with Gasteiger partial charge in [-0.25, -0.2) is 9.37 Å². The zero-order chi connectivity index (χ0) is 17.9. The molecule has 1 N–H and O–H groups in total. The summed E-state index contributed by atoms with van der Waals surface area (Å²) in [5, 5.41) is 3.01. The predicted molar refractivity (Wildman–Crippen MR) is 95.3 cm³/mol. The Morgan fingerprint density at radius 1 is 1.20 bits per heavy atom. The Labute approximate surface area is 147 Å². The molecule has 1 aromatic heterocycles. The fourth-order valence-corrected chi connectivity index (χ4v) is 3.67. The van der Waals surface area contributed by atoms with Gasteiger partial charge in [-0.2, -0.15) is 0 Å². The molecule has 1 heterocycles. The summed E-state index contributed by atoms with van der Waals surface area (Å²) in [6, 6.07) is 8.18. The van der Waals surface area contributed by atoms with Gasteiger partial charge in [0.1, 0.15) is 5.82 Å². The van der Waals surface area contributed by atoms with Crippen LogP contribution >= 0.6 is 0 Å². The van der Waals surface area contributed by atoms with Crippen LogP contribution in [0.4, 0.5) is 10.1 Å². The van der Waals surface area contributed by atoms with Crippen LogP contribution in [-0.4, -0.2) is 18.0 Å². The first-order valence-electron chi connectivity index (χ1n) is 8.63. The minimum absolute atomic E-state index is 0.0508. The van der Waals surface area contributed by atoms with Crippen LogP contribution < -0.4 is 10.1 Å². The number of hydrogen-bond acceptors (Lipinski definition) is 3. The van der Waals surface area contributed by atoms with Crippen LogP contribution in [0.15, 0.2) is 36.5 Å². The van der Waals surface area contributed by atoms with Gasteiger partial charge in [0.05, 0.1) is 24.4 Å². The van der Waals surface area contributed by atoms with Gasteiger partial charge in [-0.3, -0.25) is 4.79 Å². The molecule has 1 amide bonds. The van der Waals surface area contributed by atoms with E-state index in [2.05, 4.69) is 10.3 Å². The van der Waals surface area contributed by atoms with Crippen molar-refractivity contribution in [1.29, 1.82) is 0 Å². The van der Waals surface area contributed by atoms with Crippen molar-refractivity contribution in [2.75, 3.05) is 12.4 Å². The van der Waals surface area contributed by atoms with E-state index < -0.39 is 5.41 Å². The van der Waals surface area contributed by atoms with Crippen LogP contribution in [0.3, 0.4) is 0 Å². The molecule has 0 unspecified atom stereocenters. The molecule has 4 nitrogen and oxygen atoms in total. The lowest BCUT2D eigenvalue weighted by molar-refractivity contribution is -0.122. The Morgan fingerprint density at radius 3 is 2.48 bits per heavy atom. The molecule has 1 saturated carbocycles. The van der Waals surface area contributed by atoms with E-state index >= 15 is 0 Å². The SMILES string of the molecule is COc1ncc(NC(=O)C2(c3ccc(F)cc3)CCCCC2)cc1C. The highest BCUT2D eigenvalue weighted by Crippen LogP contribution is 2.40. The lowest BCUT2D eigenvalue weighted by Crippen LogP contribution is -2.42. The number of carbonyl (C=O) groups is 1. The van der Waals surface area contributed by atoms with Gasteiger partial charge in [0.2, 0.25) is 11.8 Å². The third-order valence-corrected chi connectivity index (χ3v) is 5.02. The number of anilines is 1. The van der Waals surface area contributed by atoms with Crippen LogP contribution in [0.25, 0.3) is 0 Å². The highest BCUT2D eigenvalue weighted by Gasteiger charge is 2.41. The Morgan fingerprint density at radius 2 is 1.88 bits per heavy atom. The standard InChI is InChI=1S/C20H23FN2O2/c1-14-12-17(13-22-18(14)25-2)23-19(24)20(10-4-3-5-11-20)15-6-8-16(21)9-7-15/h6-9,12-13H,3-5,10-11H2,1-2H3,(H,23,24). The summed E-state index contributed by atoms with van der Waals surface area (Å²) in [6.07, 6.45) is 6.25. The van der Waals surface area contributed by atoms with E-state index in [0.717, 1.165) is 43.2 Å². The summed E-state index contributed by atoms with van der Waals surface area (Å²) in [5.74, 6) is 0.208. The summed E-state index contributed by atoms with van der Waals surface area (Å²) >= 11 is 0. The molecule has 1 fully saturated rings. The Hall–Kier alpha value is -2.43. The fourth-order valence-electron chi connectivity index (χ4n) is 3.67. The first-order chi connectivity index (χ1) is 12.0. The number of pyridine rings is 1. The number of carbonyl (C=O) groups excluding carboxylic acids is 1. The molecule has 3 rings (SSSR count). The molecule has 0 bridgehead atoms.